The largest absolute Gasteiger partial charge is 0.291 e. The number of thioether (sulfide) groups is 1. The van der Waals surface area contributed by atoms with Crippen molar-refractivity contribution in [1.82, 2.24) is 9.78 Å². The van der Waals surface area contributed by atoms with Gasteiger partial charge in [0.05, 0.1) is 4.75 Å². The van der Waals surface area contributed by atoms with Gasteiger partial charge in [-0.15, -0.1) is 0 Å². The van der Waals surface area contributed by atoms with E-state index in [9.17, 15) is 4.79 Å². The zero-order valence-electron chi connectivity index (χ0n) is 8.37. The molecule has 0 bridgehead atoms. The summed E-state index contributed by atoms with van der Waals surface area (Å²) < 4.78 is 1.24. The van der Waals surface area contributed by atoms with Crippen molar-refractivity contribution in [2.45, 2.75) is 18.6 Å². The average Bonchev–Trinajstić information content (AvgIpc) is 2.50. The Balaban J connectivity index is 2.98. The first kappa shape index (κ1) is 10.3. The van der Waals surface area contributed by atoms with Crippen LogP contribution in [0.4, 0.5) is 0 Å². The second-order valence-corrected chi connectivity index (χ2v) is 4.81. The fraction of sp³-hybridized carbons (Fsp3) is 0.556. The van der Waals surface area contributed by atoms with Gasteiger partial charge in [0.15, 0.2) is 5.78 Å². The summed E-state index contributed by atoms with van der Waals surface area (Å²) in [5.41, 5.74) is 0.666. The molecular weight excluding hydrogens is 184 g/mol. The highest BCUT2D eigenvalue weighted by Gasteiger charge is 2.29. The number of aromatic nitrogens is 2. The van der Waals surface area contributed by atoms with Crippen LogP contribution in [-0.4, -0.2) is 26.6 Å². The van der Waals surface area contributed by atoms with Crippen LogP contribution in [-0.2, 0) is 7.05 Å². The number of Topliss-reactive ketones (excluding diaryl/α,β-unsaturated/α-hetero) is 1. The molecule has 0 aliphatic heterocycles. The number of nitrogens with zero attached hydrogens (tertiary/aromatic N) is 2. The molecule has 1 aromatic heterocycles. The van der Waals surface area contributed by atoms with Gasteiger partial charge in [0.25, 0.3) is 0 Å². The van der Waals surface area contributed by atoms with Gasteiger partial charge in [-0.1, -0.05) is 0 Å². The first-order valence-corrected chi connectivity index (χ1v) is 5.29. The maximum Gasteiger partial charge on any atom is 0.196 e. The van der Waals surface area contributed by atoms with E-state index in [1.807, 2.05) is 20.1 Å². The van der Waals surface area contributed by atoms with Gasteiger partial charge >= 0.3 is 0 Å². The lowest BCUT2D eigenvalue weighted by atomic mass is 10.1. The Morgan fingerprint density at radius 3 is 2.62 bits per heavy atom. The molecule has 0 aliphatic carbocycles. The first-order chi connectivity index (χ1) is 5.99. The third-order valence-corrected chi connectivity index (χ3v) is 3.32. The molecule has 0 amide bonds. The molecule has 1 rings (SSSR count). The Kier molecular flexibility index (Phi) is 2.81. The molecule has 0 atom stereocenters. The van der Waals surface area contributed by atoms with E-state index in [0.717, 1.165) is 0 Å². The molecule has 72 valence electrons. The minimum atomic E-state index is -0.367. The Morgan fingerprint density at radius 1 is 1.62 bits per heavy atom. The maximum atomic E-state index is 11.9. The van der Waals surface area contributed by atoms with Crippen molar-refractivity contribution in [2.75, 3.05) is 6.26 Å². The van der Waals surface area contributed by atoms with Gasteiger partial charge in [-0.25, -0.2) is 0 Å². The molecule has 3 nitrogen and oxygen atoms in total. The average molecular weight is 198 g/mol. The Hall–Kier alpha value is -0.770. The van der Waals surface area contributed by atoms with Crippen LogP contribution in [0.15, 0.2) is 12.3 Å². The van der Waals surface area contributed by atoms with Gasteiger partial charge in [0.2, 0.25) is 0 Å². The summed E-state index contributed by atoms with van der Waals surface area (Å²) in [6.45, 7) is 3.85. The number of rotatable bonds is 3. The molecule has 0 saturated heterocycles. The van der Waals surface area contributed by atoms with Gasteiger partial charge in [0, 0.05) is 13.2 Å². The van der Waals surface area contributed by atoms with Gasteiger partial charge in [-0.3, -0.25) is 9.48 Å². The van der Waals surface area contributed by atoms with Crippen LogP contribution in [0, 0.1) is 0 Å². The molecule has 0 spiro atoms. The summed E-state index contributed by atoms with van der Waals surface area (Å²) in [5, 5.41) is 3.97. The fourth-order valence-corrected chi connectivity index (χ4v) is 1.29. The zero-order chi connectivity index (χ0) is 10.1. The van der Waals surface area contributed by atoms with Crippen LogP contribution in [0.5, 0.6) is 0 Å². The lowest BCUT2D eigenvalue weighted by molar-refractivity contribution is 0.0949. The minimum Gasteiger partial charge on any atom is -0.291 e. The predicted octanol–water partition coefficient (Wildman–Crippen LogP) is 1.74. The van der Waals surface area contributed by atoms with Crippen molar-refractivity contribution in [3.8, 4) is 0 Å². The summed E-state index contributed by atoms with van der Waals surface area (Å²) in [7, 11) is 1.78. The number of hydrogen-bond acceptors (Lipinski definition) is 3. The van der Waals surface area contributed by atoms with E-state index < -0.39 is 0 Å². The van der Waals surface area contributed by atoms with Crippen LogP contribution in [0.3, 0.4) is 0 Å². The molecule has 0 aliphatic rings. The number of carbonyl (C=O) groups is 1. The predicted molar refractivity (Wildman–Crippen MR) is 55.1 cm³/mol. The van der Waals surface area contributed by atoms with E-state index in [2.05, 4.69) is 5.10 Å². The van der Waals surface area contributed by atoms with Crippen molar-refractivity contribution in [3.63, 3.8) is 0 Å². The number of hydrogen-bond donors (Lipinski definition) is 0. The molecule has 0 unspecified atom stereocenters. The Bertz CT molecular complexity index is 317. The Labute approximate surface area is 82.5 Å². The minimum absolute atomic E-state index is 0.125. The summed E-state index contributed by atoms with van der Waals surface area (Å²) in [6, 6.07) is 1.75. The van der Waals surface area contributed by atoms with Crippen LogP contribution in [0.25, 0.3) is 0 Å². The van der Waals surface area contributed by atoms with Crippen molar-refractivity contribution in [2.24, 2.45) is 7.05 Å². The topological polar surface area (TPSA) is 34.9 Å². The summed E-state index contributed by atoms with van der Waals surface area (Å²) in [4.78, 5) is 11.9. The SMILES string of the molecule is CSC(C)(C)C(=O)c1ccnn1C. The summed E-state index contributed by atoms with van der Waals surface area (Å²) in [5.74, 6) is 0.125. The van der Waals surface area contributed by atoms with E-state index in [1.165, 1.54) is 0 Å². The van der Waals surface area contributed by atoms with Crippen LogP contribution in [0.1, 0.15) is 24.3 Å². The van der Waals surface area contributed by atoms with Crippen molar-refractivity contribution in [1.29, 1.82) is 0 Å². The molecule has 0 aromatic carbocycles. The van der Waals surface area contributed by atoms with E-state index in [1.54, 1.807) is 35.8 Å². The molecule has 0 saturated carbocycles. The Morgan fingerprint density at radius 2 is 2.23 bits per heavy atom. The van der Waals surface area contributed by atoms with E-state index in [-0.39, 0.29) is 10.5 Å². The lowest BCUT2D eigenvalue weighted by Gasteiger charge is -2.19. The third kappa shape index (κ3) is 1.94. The van der Waals surface area contributed by atoms with Crippen molar-refractivity contribution >= 4 is 17.5 Å². The van der Waals surface area contributed by atoms with Gasteiger partial charge < -0.3 is 0 Å². The normalized spacial score (nSPS) is 11.7. The molecule has 0 radical (unpaired) electrons. The van der Waals surface area contributed by atoms with E-state index in [4.69, 9.17) is 0 Å². The molecule has 1 aromatic rings. The molecule has 0 fully saturated rings. The molecule has 1 heterocycles. The first-order valence-electron chi connectivity index (χ1n) is 4.07. The molecule has 13 heavy (non-hydrogen) atoms. The van der Waals surface area contributed by atoms with Crippen molar-refractivity contribution < 1.29 is 4.79 Å². The van der Waals surface area contributed by atoms with Crippen LogP contribution >= 0.6 is 11.8 Å². The van der Waals surface area contributed by atoms with Crippen molar-refractivity contribution in [3.05, 3.63) is 18.0 Å². The lowest BCUT2D eigenvalue weighted by Crippen LogP contribution is -2.29. The highest BCUT2D eigenvalue weighted by Crippen LogP contribution is 2.25. The quantitative estimate of drug-likeness (QED) is 0.694. The molecule has 4 heteroatoms. The van der Waals surface area contributed by atoms with Gasteiger partial charge in [0.1, 0.15) is 5.69 Å². The monoisotopic (exact) mass is 198 g/mol. The van der Waals surface area contributed by atoms with Crippen LogP contribution in [0.2, 0.25) is 0 Å². The number of aryl methyl sites for hydroxylation is 1. The zero-order valence-corrected chi connectivity index (χ0v) is 9.18. The maximum absolute atomic E-state index is 11.9. The summed E-state index contributed by atoms with van der Waals surface area (Å²) in [6.07, 6.45) is 3.58. The van der Waals surface area contributed by atoms with E-state index in [0.29, 0.717) is 5.69 Å². The molecular formula is C9H14N2OS. The smallest absolute Gasteiger partial charge is 0.196 e. The van der Waals surface area contributed by atoms with Gasteiger partial charge in [-0.2, -0.15) is 16.9 Å². The van der Waals surface area contributed by atoms with Crippen LogP contribution < -0.4 is 0 Å². The second kappa shape index (κ2) is 3.54. The number of carbonyl (C=O) groups excluding carboxylic acids is 1. The molecule has 0 N–H and O–H groups in total. The van der Waals surface area contributed by atoms with Gasteiger partial charge in [-0.05, 0) is 26.2 Å². The third-order valence-electron chi connectivity index (χ3n) is 2.11. The standard InChI is InChI=1S/C9H14N2OS/c1-9(2,13-4)8(12)7-5-6-10-11(7)3/h5-6H,1-4H3. The highest BCUT2D eigenvalue weighted by molar-refractivity contribution is 8.00. The fourth-order valence-electron chi connectivity index (χ4n) is 0.998. The second-order valence-electron chi connectivity index (χ2n) is 3.38. The van der Waals surface area contributed by atoms with E-state index >= 15 is 0 Å². The highest BCUT2D eigenvalue weighted by atomic mass is 32.2. The summed E-state index contributed by atoms with van der Waals surface area (Å²) >= 11 is 1.55. The number of ketones is 1.